The molecule has 0 aliphatic rings. The second kappa shape index (κ2) is 6.87. The van der Waals surface area contributed by atoms with E-state index in [4.69, 9.17) is 15.7 Å². The van der Waals surface area contributed by atoms with E-state index in [0.717, 1.165) is 18.7 Å². The summed E-state index contributed by atoms with van der Waals surface area (Å²) in [7, 11) is 1.69. The van der Waals surface area contributed by atoms with Gasteiger partial charge in [0.1, 0.15) is 6.07 Å². The van der Waals surface area contributed by atoms with Crippen molar-refractivity contribution in [2.75, 3.05) is 30.9 Å². The largest absolute Gasteiger partial charge is 0.398 e. The molecule has 0 bridgehead atoms. The van der Waals surface area contributed by atoms with E-state index < -0.39 is 0 Å². The number of anilines is 2. The number of rotatable bonds is 6. The first-order valence-corrected chi connectivity index (χ1v) is 6.19. The molecule has 1 rings (SSSR count). The zero-order valence-corrected chi connectivity index (χ0v) is 11.3. The van der Waals surface area contributed by atoms with Gasteiger partial charge in [-0.05, 0) is 31.5 Å². The standard InChI is InChI=1S/C14H21N3O/c1-4-11(2)17(7-8-18-3)13-5-6-14(16)12(9-13)10-15/h5-6,9,11H,4,7-8,16H2,1-3H3. The van der Waals surface area contributed by atoms with Crippen LogP contribution in [-0.2, 0) is 4.74 Å². The van der Waals surface area contributed by atoms with Crippen LogP contribution in [0.5, 0.6) is 0 Å². The topological polar surface area (TPSA) is 62.3 Å². The Labute approximate surface area is 109 Å². The quantitative estimate of drug-likeness (QED) is 0.784. The maximum Gasteiger partial charge on any atom is 0.101 e. The highest BCUT2D eigenvalue weighted by Gasteiger charge is 2.13. The molecule has 4 heteroatoms. The van der Waals surface area contributed by atoms with Crippen molar-refractivity contribution in [2.24, 2.45) is 0 Å². The maximum atomic E-state index is 9.02. The normalized spacial score (nSPS) is 11.9. The van der Waals surface area contributed by atoms with Crippen LogP contribution in [0.25, 0.3) is 0 Å². The molecule has 98 valence electrons. The molecule has 0 saturated carbocycles. The minimum Gasteiger partial charge on any atom is -0.398 e. The van der Waals surface area contributed by atoms with Crippen molar-refractivity contribution >= 4 is 11.4 Å². The van der Waals surface area contributed by atoms with E-state index in [-0.39, 0.29) is 0 Å². The lowest BCUT2D eigenvalue weighted by atomic mass is 10.1. The predicted molar refractivity (Wildman–Crippen MR) is 74.5 cm³/mol. The lowest BCUT2D eigenvalue weighted by molar-refractivity contribution is 0.203. The molecule has 0 spiro atoms. The highest BCUT2D eigenvalue weighted by atomic mass is 16.5. The summed E-state index contributed by atoms with van der Waals surface area (Å²) in [6.07, 6.45) is 1.04. The Morgan fingerprint density at radius 3 is 2.78 bits per heavy atom. The van der Waals surface area contributed by atoms with Crippen LogP contribution in [0.4, 0.5) is 11.4 Å². The summed E-state index contributed by atoms with van der Waals surface area (Å²) >= 11 is 0. The molecule has 0 fully saturated rings. The van der Waals surface area contributed by atoms with Crippen LogP contribution in [0, 0.1) is 11.3 Å². The Morgan fingerprint density at radius 2 is 2.22 bits per heavy atom. The number of hydrogen-bond donors (Lipinski definition) is 1. The summed E-state index contributed by atoms with van der Waals surface area (Å²) < 4.78 is 5.14. The van der Waals surface area contributed by atoms with Gasteiger partial charge in [-0.25, -0.2) is 0 Å². The lowest BCUT2D eigenvalue weighted by Crippen LogP contribution is -2.35. The molecule has 2 N–H and O–H groups in total. The van der Waals surface area contributed by atoms with Crippen molar-refractivity contribution in [3.05, 3.63) is 23.8 Å². The molecule has 18 heavy (non-hydrogen) atoms. The second-order valence-electron chi connectivity index (χ2n) is 4.33. The Hall–Kier alpha value is -1.73. The summed E-state index contributed by atoms with van der Waals surface area (Å²) in [4.78, 5) is 2.24. The molecule has 0 aliphatic carbocycles. The number of nitrogens with zero attached hydrogens (tertiary/aromatic N) is 2. The van der Waals surface area contributed by atoms with Gasteiger partial charge in [0.25, 0.3) is 0 Å². The third-order valence-electron chi connectivity index (χ3n) is 3.15. The lowest BCUT2D eigenvalue weighted by Gasteiger charge is -2.30. The molecule has 0 aromatic heterocycles. The predicted octanol–water partition coefficient (Wildman–Crippen LogP) is 2.39. The van der Waals surface area contributed by atoms with E-state index in [0.29, 0.717) is 23.9 Å². The van der Waals surface area contributed by atoms with Gasteiger partial charge in [-0.15, -0.1) is 0 Å². The fourth-order valence-corrected chi connectivity index (χ4v) is 1.83. The van der Waals surface area contributed by atoms with Gasteiger partial charge in [0.2, 0.25) is 0 Å². The smallest absolute Gasteiger partial charge is 0.101 e. The zero-order chi connectivity index (χ0) is 13.5. The number of nitriles is 1. The van der Waals surface area contributed by atoms with Gasteiger partial charge in [-0.1, -0.05) is 6.92 Å². The van der Waals surface area contributed by atoms with Crippen LogP contribution in [-0.4, -0.2) is 26.3 Å². The summed E-state index contributed by atoms with van der Waals surface area (Å²) in [6.45, 7) is 5.78. The fraction of sp³-hybridized carbons (Fsp3) is 0.500. The van der Waals surface area contributed by atoms with Crippen molar-refractivity contribution in [2.45, 2.75) is 26.3 Å². The van der Waals surface area contributed by atoms with E-state index in [1.807, 2.05) is 12.1 Å². The van der Waals surface area contributed by atoms with E-state index in [9.17, 15) is 0 Å². The Morgan fingerprint density at radius 1 is 1.50 bits per heavy atom. The van der Waals surface area contributed by atoms with Gasteiger partial charge in [0.15, 0.2) is 0 Å². The van der Waals surface area contributed by atoms with E-state index >= 15 is 0 Å². The van der Waals surface area contributed by atoms with Crippen LogP contribution in [0.1, 0.15) is 25.8 Å². The number of hydrogen-bond acceptors (Lipinski definition) is 4. The molecule has 0 saturated heterocycles. The van der Waals surface area contributed by atoms with E-state index in [1.54, 1.807) is 13.2 Å². The summed E-state index contributed by atoms with van der Waals surface area (Å²) in [5, 5.41) is 9.02. The van der Waals surface area contributed by atoms with Gasteiger partial charge in [0.05, 0.1) is 12.2 Å². The number of ether oxygens (including phenoxy) is 1. The first-order chi connectivity index (χ1) is 8.63. The van der Waals surface area contributed by atoms with Crippen molar-refractivity contribution in [3.8, 4) is 6.07 Å². The van der Waals surface area contributed by atoms with Gasteiger partial charge in [0, 0.05) is 31.1 Å². The monoisotopic (exact) mass is 247 g/mol. The molecular formula is C14H21N3O. The number of nitrogens with two attached hydrogens (primary N) is 1. The molecule has 1 aromatic rings. The van der Waals surface area contributed by atoms with Crippen LogP contribution in [0.3, 0.4) is 0 Å². The zero-order valence-electron chi connectivity index (χ0n) is 11.3. The van der Waals surface area contributed by atoms with Crippen LogP contribution in [0.2, 0.25) is 0 Å². The van der Waals surface area contributed by atoms with Gasteiger partial charge < -0.3 is 15.4 Å². The minimum absolute atomic E-state index is 0.398. The SMILES string of the molecule is CCC(C)N(CCOC)c1ccc(N)c(C#N)c1. The van der Waals surface area contributed by atoms with Crippen molar-refractivity contribution in [3.63, 3.8) is 0 Å². The molecule has 0 aliphatic heterocycles. The summed E-state index contributed by atoms with van der Waals surface area (Å²) in [6, 6.07) is 8.11. The summed E-state index contributed by atoms with van der Waals surface area (Å²) in [5.74, 6) is 0. The Bertz CT molecular complexity index is 426. The maximum absolute atomic E-state index is 9.02. The van der Waals surface area contributed by atoms with Gasteiger partial charge >= 0.3 is 0 Å². The average molecular weight is 247 g/mol. The molecular weight excluding hydrogens is 226 g/mol. The van der Waals surface area contributed by atoms with Crippen LogP contribution in [0.15, 0.2) is 18.2 Å². The second-order valence-corrected chi connectivity index (χ2v) is 4.33. The molecule has 4 nitrogen and oxygen atoms in total. The first-order valence-electron chi connectivity index (χ1n) is 6.19. The number of methoxy groups -OCH3 is 1. The van der Waals surface area contributed by atoms with Crippen LogP contribution < -0.4 is 10.6 Å². The van der Waals surface area contributed by atoms with E-state index in [2.05, 4.69) is 24.8 Å². The third-order valence-corrected chi connectivity index (χ3v) is 3.15. The van der Waals surface area contributed by atoms with Crippen molar-refractivity contribution in [1.29, 1.82) is 5.26 Å². The molecule has 0 heterocycles. The third kappa shape index (κ3) is 3.38. The van der Waals surface area contributed by atoms with E-state index in [1.165, 1.54) is 0 Å². The molecule has 1 atom stereocenters. The average Bonchev–Trinajstić information content (AvgIpc) is 2.40. The molecule has 0 amide bonds. The summed E-state index contributed by atoms with van der Waals surface area (Å²) in [5.41, 5.74) is 7.81. The number of benzene rings is 1. The van der Waals surface area contributed by atoms with Gasteiger partial charge in [-0.2, -0.15) is 5.26 Å². The van der Waals surface area contributed by atoms with Crippen molar-refractivity contribution in [1.82, 2.24) is 0 Å². The molecule has 0 radical (unpaired) electrons. The molecule has 1 aromatic carbocycles. The molecule has 1 unspecified atom stereocenters. The minimum atomic E-state index is 0.398. The van der Waals surface area contributed by atoms with Crippen molar-refractivity contribution < 1.29 is 4.74 Å². The highest BCUT2D eigenvalue weighted by molar-refractivity contribution is 5.63. The highest BCUT2D eigenvalue weighted by Crippen LogP contribution is 2.23. The fourth-order valence-electron chi connectivity index (χ4n) is 1.83. The van der Waals surface area contributed by atoms with Gasteiger partial charge in [-0.3, -0.25) is 0 Å². The Kier molecular flexibility index (Phi) is 5.47. The first kappa shape index (κ1) is 14.3. The Balaban J connectivity index is 3.01. The number of nitrogen functional groups attached to an aromatic ring is 1. The van der Waals surface area contributed by atoms with Crippen LogP contribution >= 0.6 is 0 Å².